The summed E-state index contributed by atoms with van der Waals surface area (Å²) in [4.78, 5) is 27.8. The predicted molar refractivity (Wildman–Crippen MR) is 101 cm³/mol. The van der Waals surface area contributed by atoms with E-state index in [-0.39, 0.29) is 54.6 Å². The number of alkyl halides is 3. The second-order valence-corrected chi connectivity index (χ2v) is 8.59. The molecule has 0 spiro atoms. The van der Waals surface area contributed by atoms with Crippen molar-refractivity contribution in [3.63, 3.8) is 0 Å². The number of carbonyl (C=O) groups is 2. The van der Waals surface area contributed by atoms with Crippen molar-refractivity contribution in [2.24, 2.45) is 11.8 Å². The minimum Gasteiger partial charge on any atom is -0.370 e. The van der Waals surface area contributed by atoms with E-state index in [1.54, 1.807) is 9.80 Å². The van der Waals surface area contributed by atoms with Gasteiger partial charge in [-0.25, -0.2) is 9.18 Å². The second kappa shape index (κ2) is 8.38. The molecule has 2 amide bonds. The van der Waals surface area contributed by atoms with E-state index in [0.717, 1.165) is 12.1 Å². The number of hydrogen-bond acceptors (Lipinski definition) is 4. The first kappa shape index (κ1) is 22.0. The van der Waals surface area contributed by atoms with Gasteiger partial charge >= 0.3 is 12.2 Å². The summed E-state index contributed by atoms with van der Waals surface area (Å²) < 4.78 is 63.0. The summed E-state index contributed by atoms with van der Waals surface area (Å²) in [5.41, 5.74) is -1.01. The quantitative estimate of drug-likeness (QED) is 0.673. The number of nitrogens with zero attached hydrogens (tertiary/aromatic N) is 2. The fourth-order valence-corrected chi connectivity index (χ4v) is 4.50. The van der Waals surface area contributed by atoms with Crippen molar-refractivity contribution in [3.05, 3.63) is 35.1 Å². The Labute approximate surface area is 177 Å². The summed E-state index contributed by atoms with van der Waals surface area (Å²) >= 11 is 0. The lowest BCUT2D eigenvalue weighted by Gasteiger charge is -2.47. The maximum atomic E-state index is 13.9. The molecular formula is C21H24F4N2O4. The van der Waals surface area contributed by atoms with Crippen LogP contribution in [0.15, 0.2) is 18.2 Å². The molecule has 0 bridgehead atoms. The van der Waals surface area contributed by atoms with E-state index in [1.807, 2.05) is 6.92 Å². The average Bonchev–Trinajstić information content (AvgIpc) is 2.66. The molecule has 1 aromatic carbocycles. The molecule has 0 N–H and O–H groups in total. The zero-order valence-electron chi connectivity index (χ0n) is 17.0. The molecule has 3 atom stereocenters. The number of ketones is 1. The molecular weight excluding hydrogens is 420 g/mol. The Balaban J connectivity index is 1.26. The Kier molecular flexibility index (Phi) is 5.95. The smallest absolute Gasteiger partial charge is 0.370 e. The third-order valence-corrected chi connectivity index (χ3v) is 6.16. The van der Waals surface area contributed by atoms with Crippen LogP contribution >= 0.6 is 0 Å². The topological polar surface area (TPSA) is 59.1 Å². The van der Waals surface area contributed by atoms with Crippen LogP contribution in [0.3, 0.4) is 0 Å². The highest BCUT2D eigenvalue weighted by Crippen LogP contribution is 2.32. The third-order valence-electron chi connectivity index (χ3n) is 6.16. The van der Waals surface area contributed by atoms with Gasteiger partial charge in [0.05, 0.1) is 37.5 Å². The van der Waals surface area contributed by atoms with E-state index in [2.05, 4.69) is 0 Å². The van der Waals surface area contributed by atoms with Crippen molar-refractivity contribution >= 4 is 11.8 Å². The van der Waals surface area contributed by atoms with Crippen LogP contribution in [0.25, 0.3) is 0 Å². The van der Waals surface area contributed by atoms with E-state index >= 15 is 0 Å². The molecule has 10 heteroatoms. The van der Waals surface area contributed by atoms with Gasteiger partial charge in [0, 0.05) is 36.9 Å². The zero-order chi connectivity index (χ0) is 22.3. The minimum atomic E-state index is -4.60. The SMILES string of the molecule is C[C@@H]1CN(C(=O)N2CC(OCc3ccc(C(F)(F)F)cc3F)C2)C[C@H]2CC(=O)CO[C@H]21. The summed E-state index contributed by atoms with van der Waals surface area (Å²) in [7, 11) is 0. The van der Waals surface area contributed by atoms with Crippen LogP contribution in [0.1, 0.15) is 24.5 Å². The largest absolute Gasteiger partial charge is 0.416 e. The number of halogens is 4. The number of carbonyl (C=O) groups excluding carboxylic acids is 2. The number of urea groups is 1. The summed E-state index contributed by atoms with van der Waals surface area (Å²) in [6.45, 7) is 3.66. The van der Waals surface area contributed by atoms with Gasteiger partial charge in [-0.2, -0.15) is 13.2 Å². The third kappa shape index (κ3) is 4.69. The van der Waals surface area contributed by atoms with Crippen LogP contribution in [-0.2, 0) is 27.1 Å². The Morgan fingerprint density at radius 2 is 1.90 bits per heavy atom. The summed E-state index contributed by atoms with van der Waals surface area (Å²) in [5.74, 6) is -0.782. The lowest BCUT2D eigenvalue weighted by Crippen LogP contribution is -2.62. The molecule has 3 heterocycles. The highest BCUT2D eigenvalue weighted by atomic mass is 19.4. The maximum absolute atomic E-state index is 13.9. The lowest BCUT2D eigenvalue weighted by molar-refractivity contribution is -0.145. The molecule has 0 aromatic heterocycles. The van der Waals surface area contributed by atoms with Crippen LogP contribution in [-0.4, -0.2) is 66.6 Å². The fourth-order valence-electron chi connectivity index (χ4n) is 4.50. The molecule has 3 fully saturated rings. The van der Waals surface area contributed by atoms with Gasteiger partial charge in [-0.15, -0.1) is 0 Å². The first-order valence-electron chi connectivity index (χ1n) is 10.3. The van der Waals surface area contributed by atoms with Gasteiger partial charge in [0.1, 0.15) is 12.4 Å². The highest BCUT2D eigenvalue weighted by molar-refractivity contribution is 5.81. The van der Waals surface area contributed by atoms with E-state index < -0.39 is 17.6 Å². The van der Waals surface area contributed by atoms with Crippen molar-refractivity contribution in [1.29, 1.82) is 0 Å². The normalized spacial score (nSPS) is 27.1. The number of ether oxygens (including phenoxy) is 2. The number of piperidine rings is 1. The molecule has 1 aromatic rings. The predicted octanol–water partition coefficient (Wildman–Crippen LogP) is 3.09. The van der Waals surface area contributed by atoms with E-state index in [0.29, 0.717) is 38.7 Å². The monoisotopic (exact) mass is 444 g/mol. The van der Waals surface area contributed by atoms with Gasteiger partial charge in [0.15, 0.2) is 5.78 Å². The first-order valence-corrected chi connectivity index (χ1v) is 10.3. The number of amides is 2. The number of Topliss-reactive ketones (excluding diaryl/α,β-unsaturated/α-hetero) is 1. The second-order valence-electron chi connectivity index (χ2n) is 8.59. The Morgan fingerprint density at radius 1 is 1.19 bits per heavy atom. The standard InChI is InChI=1S/C21H24F4N2O4/c1-12-6-26(7-14-4-16(28)11-31-19(12)14)20(29)27-8-17(9-27)30-10-13-2-3-15(5-18(13)22)21(23,24)25/h2-3,5,12,14,17,19H,4,6-11H2,1H3/t12-,14-,19+/m1/s1. The molecule has 0 radical (unpaired) electrons. The van der Waals surface area contributed by atoms with Gasteiger partial charge in [-0.1, -0.05) is 13.0 Å². The number of fused-ring (bicyclic) bond motifs is 1. The van der Waals surface area contributed by atoms with Crippen LogP contribution in [0.4, 0.5) is 22.4 Å². The highest BCUT2D eigenvalue weighted by Gasteiger charge is 2.43. The number of rotatable bonds is 3. The summed E-state index contributed by atoms with van der Waals surface area (Å²) in [6, 6.07) is 2.21. The molecule has 170 valence electrons. The molecule has 6 nitrogen and oxygen atoms in total. The van der Waals surface area contributed by atoms with Crippen molar-refractivity contribution in [2.75, 3.05) is 32.8 Å². The average molecular weight is 444 g/mol. The van der Waals surface area contributed by atoms with Gasteiger partial charge in [-0.05, 0) is 12.1 Å². The molecule has 3 aliphatic rings. The summed E-state index contributed by atoms with van der Waals surface area (Å²) in [5, 5.41) is 0. The zero-order valence-corrected chi connectivity index (χ0v) is 17.0. The van der Waals surface area contributed by atoms with Gasteiger partial charge in [0.2, 0.25) is 0 Å². The first-order chi connectivity index (χ1) is 14.6. The molecule has 31 heavy (non-hydrogen) atoms. The molecule has 0 aliphatic carbocycles. The summed E-state index contributed by atoms with van der Waals surface area (Å²) in [6.07, 6.45) is -4.49. The molecule has 3 aliphatic heterocycles. The molecule has 3 saturated heterocycles. The van der Waals surface area contributed by atoms with Gasteiger partial charge in [0.25, 0.3) is 0 Å². The molecule has 0 unspecified atom stereocenters. The molecule has 0 saturated carbocycles. The van der Waals surface area contributed by atoms with E-state index in [9.17, 15) is 27.2 Å². The lowest BCUT2D eigenvalue weighted by atomic mass is 9.82. The van der Waals surface area contributed by atoms with Gasteiger partial charge in [-0.3, -0.25) is 4.79 Å². The number of likely N-dealkylation sites (tertiary alicyclic amines) is 2. The molecule has 4 rings (SSSR count). The van der Waals surface area contributed by atoms with Crippen molar-refractivity contribution < 1.29 is 36.6 Å². The van der Waals surface area contributed by atoms with E-state index in [4.69, 9.17) is 9.47 Å². The maximum Gasteiger partial charge on any atom is 0.416 e. The Bertz CT molecular complexity index is 856. The van der Waals surface area contributed by atoms with Crippen molar-refractivity contribution in [2.45, 2.75) is 38.3 Å². The van der Waals surface area contributed by atoms with Crippen LogP contribution in [0, 0.1) is 17.7 Å². The Morgan fingerprint density at radius 3 is 2.58 bits per heavy atom. The number of benzene rings is 1. The van der Waals surface area contributed by atoms with Crippen LogP contribution in [0.5, 0.6) is 0 Å². The fraction of sp³-hybridized carbons (Fsp3) is 0.619. The Hall–Kier alpha value is -2.20. The van der Waals surface area contributed by atoms with Crippen LogP contribution < -0.4 is 0 Å². The minimum absolute atomic E-state index is 0.00455. The van der Waals surface area contributed by atoms with Gasteiger partial charge < -0.3 is 19.3 Å². The van der Waals surface area contributed by atoms with Crippen LogP contribution in [0.2, 0.25) is 0 Å². The van der Waals surface area contributed by atoms with E-state index in [1.165, 1.54) is 0 Å². The van der Waals surface area contributed by atoms with Crippen molar-refractivity contribution in [3.8, 4) is 0 Å². The van der Waals surface area contributed by atoms with Crippen molar-refractivity contribution in [1.82, 2.24) is 9.80 Å². The number of hydrogen-bond donors (Lipinski definition) is 0.